The van der Waals surface area contributed by atoms with Crippen molar-refractivity contribution in [3.8, 4) is 0 Å². The number of guanidine groups is 4. The van der Waals surface area contributed by atoms with E-state index in [4.69, 9.17) is 56.2 Å². The van der Waals surface area contributed by atoms with Crippen molar-refractivity contribution in [2.24, 2.45) is 71.6 Å². The summed E-state index contributed by atoms with van der Waals surface area (Å²) in [5.74, 6) is -10.9. The number of nitro benzene ring substituents is 1. The minimum Gasteiger partial charge on any atom is -0.378 e. The van der Waals surface area contributed by atoms with Crippen LogP contribution in [0.5, 0.6) is 0 Å². The SMILES string of the molecule is CN(C)c1ccc(C=CCN(c2ccc([N+](=O)[O-])c3nonc23)C(O)C(=O)NC(C(=O)NC(N=C(N)N)C(=O)NC(N=C(N)N)C(=O)NC(N=C(N)N)C(=O)NC(N=C(N)N)C(N)=O)c2ccccc2)cc1. The van der Waals surface area contributed by atoms with Crippen LogP contribution in [0.3, 0.4) is 0 Å². The number of fused-ring (bicyclic) bond motifs is 1. The minimum atomic E-state index is -2.19. The van der Waals surface area contributed by atoms with Gasteiger partial charge in [0.2, 0.25) is 42.3 Å². The van der Waals surface area contributed by atoms with Gasteiger partial charge in [0.05, 0.1) is 10.6 Å². The number of aromatic nitrogens is 2. The Labute approximate surface area is 406 Å². The van der Waals surface area contributed by atoms with Crippen molar-refractivity contribution in [2.75, 3.05) is 30.4 Å². The fourth-order valence-electron chi connectivity index (χ4n) is 6.13. The predicted molar refractivity (Wildman–Crippen MR) is 259 cm³/mol. The quantitative estimate of drug-likeness (QED) is 0.0108. The molecule has 4 aromatic rings. The molecule has 382 valence electrons. The number of hydrogen-bond acceptors (Lipinski definition) is 18. The summed E-state index contributed by atoms with van der Waals surface area (Å²) < 4.78 is 4.81. The van der Waals surface area contributed by atoms with E-state index >= 15 is 0 Å². The summed E-state index contributed by atoms with van der Waals surface area (Å²) in [6, 6.07) is 15.2. The van der Waals surface area contributed by atoms with Crippen molar-refractivity contribution in [2.45, 2.75) is 36.9 Å². The smallest absolute Gasteiger partial charge is 0.300 e. The lowest BCUT2D eigenvalue weighted by molar-refractivity contribution is -0.383. The fraction of sp³-hybridized carbons (Fsp3) is 0.231. The molecule has 0 radical (unpaired) electrons. The van der Waals surface area contributed by atoms with Crippen LogP contribution in [0.25, 0.3) is 17.1 Å². The Morgan fingerprint density at radius 2 is 1.12 bits per heavy atom. The van der Waals surface area contributed by atoms with Crippen molar-refractivity contribution >= 4 is 93.5 Å². The van der Waals surface area contributed by atoms with Crippen molar-refractivity contribution in [1.29, 1.82) is 0 Å². The topological polar surface area (TPSA) is 555 Å². The highest BCUT2D eigenvalue weighted by Crippen LogP contribution is 2.32. The van der Waals surface area contributed by atoms with Gasteiger partial charge in [-0.15, -0.1) is 0 Å². The largest absolute Gasteiger partial charge is 0.378 e. The first-order chi connectivity index (χ1) is 34.0. The molecule has 0 aliphatic rings. The van der Waals surface area contributed by atoms with Crippen LogP contribution in [0, 0.1) is 10.1 Å². The van der Waals surface area contributed by atoms with Crippen LogP contribution in [0.15, 0.2) is 97.4 Å². The second-order valence-electron chi connectivity index (χ2n) is 14.9. The molecule has 0 saturated carbocycles. The van der Waals surface area contributed by atoms with Crippen LogP contribution in [-0.4, -0.2) is 131 Å². The third-order valence-electron chi connectivity index (χ3n) is 9.36. The highest BCUT2D eigenvalue weighted by Gasteiger charge is 2.35. The first kappa shape index (κ1) is 54.3. The molecule has 6 atom stereocenters. The molecule has 33 heteroatoms. The number of primary amides is 1. The number of nitro groups is 1. The number of anilines is 2. The van der Waals surface area contributed by atoms with E-state index in [1.807, 2.05) is 53.9 Å². The normalized spacial score (nSPS) is 13.3. The Morgan fingerprint density at radius 3 is 1.60 bits per heavy atom. The van der Waals surface area contributed by atoms with Gasteiger partial charge in [-0.1, -0.05) is 54.6 Å². The zero-order valence-electron chi connectivity index (χ0n) is 38.0. The highest BCUT2D eigenvalue weighted by molar-refractivity contribution is 6.00. The van der Waals surface area contributed by atoms with E-state index in [0.717, 1.165) is 22.2 Å². The Hall–Kier alpha value is -10.3. The summed E-state index contributed by atoms with van der Waals surface area (Å²) in [4.78, 5) is 109. The third kappa shape index (κ3) is 15.1. The van der Waals surface area contributed by atoms with E-state index in [-0.39, 0.29) is 28.8 Å². The first-order valence-corrected chi connectivity index (χ1v) is 20.5. The molecule has 6 unspecified atom stereocenters. The molecule has 0 saturated heterocycles. The van der Waals surface area contributed by atoms with Crippen molar-refractivity contribution in [3.05, 3.63) is 94.0 Å². The summed E-state index contributed by atoms with van der Waals surface area (Å²) >= 11 is 0. The standard InChI is InChI=1S/C39H51N23O10/c1-60(2)19-12-10-17(11-13-19)7-6-16-61(20-14-15-21(62(70)71)24-23(20)58-72-59-24)35(69)34(68)49-22(18-8-4-3-5-9-18)30(64)51-27(55-37(43)44)32(66)53-29(57-39(47)48)33(67)52-28(56-38(45)46)31(65)50-26(25(40)63)54-36(41)42/h3-15,22,26-29,35,69H,16H2,1-2H3,(H2,40,63)(H,49,68)(H,50,65)(H,51,64)(H,52,67)(H,53,66)(H4,41,42,54)(H4,43,44,55)(H4,45,46,56)(H4,47,48,57). The van der Waals surface area contributed by atoms with Crippen LogP contribution in [0.4, 0.5) is 17.1 Å². The maximum Gasteiger partial charge on any atom is 0.300 e. The van der Waals surface area contributed by atoms with Crippen LogP contribution >= 0.6 is 0 Å². The average molecular weight is 1000 g/mol. The molecule has 0 fully saturated rings. The number of benzene rings is 3. The lowest BCUT2D eigenvalue weighted by Gasteiger charge is -2.30. The molecule has 0 aliphatic carbocycles. The van der Waals surface area contributed by atoms with Gasteiger partial charge in [-0.05, 0) is 39.6 Å². The molecule has 0 bridgehead atoms. The van der Waals surface area contributed by atoms with E-state index in [0.29, 0.717) is 0 Å². The highest BCUT2D eigenvalue weighted by atomic mass is 16.6. The molecule has 4 rings (SSSR count). The zero-order chi connectivity index (χ0) is 53.4. The van der Waals surface area contributed by atoms with Crippen molar-refractivity contribution in [3.63, 3.8) is 0 Å². The van der Waals surface area contributed by atoms with Gasteiger partial charge in [0.1, 0.15) is 6.04 Å². The van der Waals surface area contributed by atoms with Gasteiger partial charge in [-0.3, -0.25) is 38.9 Å². The lowest BCUT2D eigenvalue weighted by atomic mass is 10.1. The number of aliphatic hydroxyl groups is 1. The number of rotatable bonds is 23. The molecule has 24 N–H and O–H groups in total. The first-order valence-electron chi connectivity index (χ1n) is 20.5. The van der Waals surface area contributed by atoms with Gasteiger partial charge in [0.25, 0.3) is 29.5 Å². The summed E-state index contributed by atoms with van der Waals surface area (Å²) in [6.45, 7) is -0.257. The number of nitrogens with two attached hydrogens (primary N) is 9. The Morgan fingerprint density at radius 1 is 0.653 bits per heavy atom. The number of carbonyl (C=O) groups excluding carboxylic acids is 6. The fourth-order valence-corrected chi connectivity index (χ4v) is 6.13. The van der Waals surface area contributed by atoms with Gasteiger partial charge < -0.3 is 93.1 Å². The number of hydrogen-bond donors (Lipinski definition) is 15. The van der Waals surface area contributed by atoms with E-state index in [1.165, 1.54) is 30.3 Å². The van der Waals surface area contributed by atoms with Crippen LogP contribution in [-0.2, 0) is 28.8 Å². The van der Waals surface area contributed by atoms with E-state index in [1.54, 1.807) is 18.2 Å². The Balaban J connectivity index is 1.66. The zero-order valence-corrected chi connectivity index (χ0v) is 38.0. The Kier molecular flexibility index (Phi) is 18.6. The number of nitrogens with one attached hydrogen (secondary N) is 5. The van der Waals surface area contributed by atoms with Gasteiger partial charge in [0, 0.05) is 32.4 Å². The molecule has 3 aromatic carbocycles. The Bertz CT molecular complexity index is 2780. The maximum atomic E-state index is 14.2. The third-order valence-corrected chi connectivity index (χ3v) is 9.36. The second kappa shape index (κ2) is 24.6. The predicted octanol–water partition coefficient (Wildman–Crippen LogP) is -6.76. The molecule has 6 amide bonds. The maximum absolute atomic E-state index is 14.2. The van der Waals surface area contributed by atoms with Crippen LogP contribution in [0.1, 0.15) is 17.2 Å². The second-order valence-corrected chi connectivity index (χ2v) is 14.9. The summed E-state index contributed by atoms with van der Waals surface area (Å²) in [6.07, 6.45) is -7.27. The van der Waals surface area contributed by atoms with Crippen molar-refractivity contribution < 1.29 is 43.4 Å². The monoisotopic (exact) mass is 1000 g/mol. The van der Waals surface area contributed by atoms with Gasteiger partial charge in [-0.25, -0.2) is 24.6 Å². The van der Waals surface area contributed by atoms with E-state index in [9.17, 15) is 44.0 Å². The number of aliphatic imine (C=N–C) groups is 4. The summed E-state index contributed by atoms with van der Waals surface area (Å²) in [5.41, 5.74) is 49.5. The lowest BCUT2D eigenvalue weighted by Crippen LogP contribution is -2.58. The molecule has 1 heterocycles. The van der Waals surface area contributed by atoms with Crippen LogP contribution in [0.2, 0.25) is 0 Å². The van der Waals surface area contributed by atoms with E-state index < -0.39 is 107 Å². The number of aliphatic hydroxyl groups excluding tert-OH is 1. The van der Waals surface area contributed by atoms with Gasteiger partial charge >= 0.3 is 5.69 Å². The molecule has 0 spiro atoms. The summed E-state index contributed by atoms with van der Waals surface area (Å²) in [5, 5.41) is 41.7. The summed E-state index contributed by atoms with van der Waals surface area (Å²) in [7, 11) is 3.73. The minimum absolute atomic E-state index is 0.0530. The number of nitrogens with zero attached hydrogens (tertiary/aromatic N) is 9. The number of carbonyl (C=O) groups is 6. The molecular weight excluding hydrogens is 951 g/mol. The van der Waals surface area contributed by atoms with Crippen LogP contribution < -0.4 is 88.0 Å². The number of non-ortho nitro benzene ring substituents is 1. The average Bonchev–Trinajstić information content (AvgIpc) is 3.81. The molecular formula is C39H51N23O10. The molecule has 72 heavy (non-hydrogen) atoms. The van der Waals surface area contributed by atoms with Gasteiger partial charge in [-0.2, -0.15) is 0 Å². The molecule has 0 aliphatic heterocycles. The number of amides is 6. The molecule has 1 aromatic heterocycles. The van der Waals surface area contributed by atoms with E-state index in [2.05, 4.69) is 46.2 Å². The molecule has 33 nitrogen and oxygen atoms in total. The van der Waals surface area contributed by atoms with Crippen molar-refractivity contribution in [1.82, 2.24) is 36.9 Å². The van der Waals surface area contributed by atoms with Gasteiger partial charge in [0.15, 0.2) is 29.4 Å².